The summed E-state index contributed by atoms with van der Waals surface area (Å²) >= 11 is 0. The van der Waals surface area contributed by atoms with Gasteiger partial charge in [0.25, 0.3) is 0 Å². The van der Waals surface area contributed by atoms with E-state index in [-0.39, 0.29) is 0 Å². The molecule has 1 atom stereocenters. The molecule has 0 saturated heterocycles. The van der Waals surface area contributed by atoms with Gasteiger partial charge in [-0.3, -0.25) is 0 Å². The fourth-order valence-corrected chi connectivity index (χ4v) is 3.22. The minimum Gasteiger partial charge on any atom is -0.307 e. The van der Waals surface area contributed by atoms with Crippen molar-refractivity contribution in [2.24, 2.45) is 5.92 Å². The third-order valence-corrected chi connectivity index (χ3v) is 4.33. The van der Waals surface area contributed by atoms with Crippen molar-refractivity contribution < 1.29 is 0 Å². The summed E-state index contributed by atoms with van der Waals surface area (Å²) < 4.78 is 0. The first-order chi connectivity index (χ1) is 8.79. The third-order valence-electron chi connectivity index (χ3n) is 4.33. The zero-order valence-electron chi connectivity index (χ0n) is 11.9. The lowest BCUT2D eigenvalue weighted by molar-refractivity contribution is 0.266. The molecule has 0 radical (unpaired) electrons. The van der Waals surface area contributed by atoms with E-state index in [4.69, 9.17) is 0 Å². The van der Waals surface area contributed by atoms with Gasteiger partial charge in [0.15, 0.2) is 0 Å². The molecule has 1 N–H and O–H groups in total. The fraction of sp³-hybridized carbons (Fsp3) is 0.647. The van der Waals surface area contributed by atoms with Crippen LogP contribution in [-0.2, 0) is 0 Å². The van der Waals surface area contributed by atoms with Crippen LogP contribution in [0, 0.1) is 5.92 Å². The highest BCUT2D eigenvalue weighted by Crippen LogP contribution is 2.29. The summed E-state index contributed by atoms with van der Waals surface area (Å²) in [5.41, 5.74) is 1.41. The number of rotatable bonds is 5. The Hall–Kier alpha value is -0.820. The molecule has 1 saturated carbocycles. The minimum absolute atomic E-state index is 0.485. The van der Waals surface area contributed by atoms with E-state index in [1.807, 2.05) is 0 Å². The van der Waals surface area contributed by atoms with Gasteiger partial charge in [-0.2, -0.15) is 0 Å². The number of hydrogen-bond acceptors (Lipinski definition) is 1. The van der Waals surface area contributed by atoms with Crippen molar-refractivity contribution >= 4 is 0 Å². The fourth-order valence-electron chi connectivity index (χ4n) is 3.22. The second-order valence-corrected chi connectivity index (χ2v) is 5.81. The summed E-state index contributed by atoms with van der Waals surface area (Å²) in [7, 11) is 0. The van der Waals surface area contributed by atoms with E-state index in [1.54, 1.807) is 0 Å². The molecule has 1 aliphatic carbocycles. The predicted octanol–water partition coefficient (Wildman–Crippen LogP) is 4.70. The quantitative estimate of drug-likeness (QED) is 0.793. The molecular formula is C17H27N. The maximum atomic E-state index is 3.80. The molecule has 1 aliphatic rings. The van der Waals surface area contributed by atoms with Crippen LogP contribution in [-0.4, -0.2) is 6.04 Å². The molecule has 1 fully saturated rings. The van der Waals surface area contributed by atoms with Crippen LogP contribution >= 0.6 is 0 Å². The summed E-state index contributed by atoms with van der Waals surface area (Å²) in [6, 6.07) is 12.0. The van der Waals surface area contributed by atoms with Gasteiger partial charge in [-0.05, 0) is 44.1 Å². The molecule has 100 valence electrons. The molecule has 0 bridgehead atoms. The van der Waals surface area contributed by atoms with Crippen molar-refractivity contribution in [2.45, 2.75) is 64.5 Å². The van der Waals surface area contributed by atoms with Crippen LogP contribution in [0.5, 0.6) is 0 Å². The molecule has 2 rings (SSSR count). The average molecular weight is 245 g/mol. The second-order valence-electron chi connectivity index (χ2n) is 5.81. The van der Waals surface area contributed by atoms with Crippen molar-refractivity contribution in [3.8, 4) is 0 Å². The molecule has 1 unspecified atom stereocenters. The first-order valence-electron chi connectivity index (χ1n) is 7.60. The van der Waals surface area contributed by atoms with Gasteiger partial charge in [0.1, 0.15) is 0 Å². The van der Waals surface area contributed by atoms with Gasteiger partial charge >= 0.3 is 0 Å². The van der Waals surface area contributed by atoms with Gasteiger partial charge in [0, 0.05) is 12.1 Å². The Morgan fingerprint density at radius 1 is 1.11 bits per heavy atom. The molecule has 0 aromatic heterocycles. The molecule has 0 heterocycles. The SMILES string of the molecule is CCCC1CCC(NC(C)c2ccccc2)CC1. The van der Waals surface area contributed by atoms with Crippen LogP contribution in [0.15, 0.2) is 30.3 Å². The van der Waals surface area contributed by atoms with Gasteiger partial charge in [-0.25, -0.2) is 0 Å². The van der Waals surface area contributed by atoms with Gasteiger partial charge in [0.05, 0.1) is 0 Å². The van der Waals surface area contributed by atoms with Crippen molar-refractivity contribution in [1.29, 1.82) is 0 Å². The zero-order chi connectivity index (χ0) is 12.8. The molecule has 0 spiro atoms. The summed E-state index contributed by atoms with van der Waals surface area (Å²) in [6.07, 6.45) is 8.36. The molecule has 18 heavy (non-hydrogen) atoms. The molecule has 1 aromatic carbocycles. The lowest BCUT2D eigenvalue weighted by Gasteiger charge is -2.31. The largest absolute Gasteiger partial charge is 0.307 e. The Labute approximate surface area is 112 Å². The van der Waals surface area contributed by atoms with Crippen LogP contribution in [0.2, 0.25) is 0 Å². The molecular weight excluding hydrogens is 218 g/mol. The molecule has 1 aromatic rings. The van der Waals surface area contributed by atoms with Crippen molar-refractivity contribution in [3.05, 3.63) is 35.9 Å². The standard InChI is InChI=1S/C17H27N/c1-3-7-15-10-12-17(13-11-15)18-14(2)16-8-5-4-6-9-16/h4-6,8-9,14-15,17-18H,3,7,10-13H2,1-2H3. The highest BCUT2D eigenvalue weighted by atomic mass is 14.9. The highest BCUT2D eigenvalue weighted by Gasteiger charge is 2.21. The molecule has 0 amide bonds. The monoisotopic (exact) mass is 245 g/mol. The van der Waals surface area contributed by atoms with Crippen LogP contribution in [0.3, 0.4) is 0 Å². The summed E-state index contributed by atoms with van der Waals surface area (Å²) in [4.78, 5) is 0. The van der Waals surface area contributed by atoms with E-state index in [1.165, 1.54) is 44.1 Å². The lowest BCUT2D eigenvalue weighted by Crippen LogP contribution is -2.35. The van der Waals surface area contributed by atoms with E-state index in [9.17, 15) is 0 Å². The Morgan fingerprint density at radius 2 is 1.78 bits per heavy atom. The minimum atomic E-state index is 0.485. The van der Waals surface area contributed by atoms with Crippen LogP contribution < -0.4 is 5.32 Å². The van der Waals surface area contributed by atoms with Crippen molar-refractivity contribution in [3.63, 3.8) is 0 Å². The first kappa shape index (κ1) is 13.6. The Balaban J connectivity index is 1.78. The summed E-state index contributed by atoms with van der Waals surface area (Å²) in [6.45, 7) is 4.59. The second kappa shape index (κ2) is 6.94. The van der Waals surface area contributed by atoms with Crippen molar-refractivity contribution in [1.82, 2.24) is 5.32 Å². The first-order valence-corrected chi connectivity index (χ1v) is 7.60. The third kappa shape index (κ3) is 3.84. The zero-order valence-corrected chi connectivity index (χ0v) is 11.9. The van der Waals surface area contributed by atoms with E-state index in [0.717, 1.165) is 12.0 Å². The number of benzene rings is 1. The maximum absolute atomic E-state index is 3.80. The Bertz CT molecular complexity index is 325. The number of nitrogens with one attached hydrogen (secondary N) is 1. The van der Waals surface area contributed by atoms with Crippen LogP contribution in [0.25, 0.3) is 0 Å². The maximum Gasteiger partial charge on any atom is 0.0294 e. The van der Waals surface area contributed by atoms with Gasteiger partial charge in [-0.1, -0.05) is 50.1 Å². The van der Waals surface area contributed by atoms with E-state index < -0.39 is 0 Å². The lowest BCUT2D eigenvalue weighted by atomic mass is 9.83. The van der Waals surface area contributed by atoms with Gasteiger partial charge in [-0.15, -0.1) is 0 Å². The smallest absolute Gasteiger partial charge is 0.0294 e. The predicted molar refractivity (Wildman–Crippen MR) is 78.6 cm³/mol. The molecule has 1 nitrogen and oxygen atoms in total. The van der Waals surface area contributed by atoms with Crippen molar-refractivity contribution in [2.75, 3.05) is 0 Å². The number of hydrogen-bond donors (Lipinski definition) is 1. The van der Waals surface area contributed by atoms with Gasteiger partial charge in [0.2, 0.25) is 0 Å². The molecule has 0 aliphatic heterocycles. The average Bonchev–Trinajstić information content (AvgIpc) is 2.42. The highest BCUT2D eigenvalue weighted by molar-refractivity contribution is 5.18. The topological polar surface area (TPSA) is 12.0 Å². The summed E-state index contributed by atoms with van der Waals surface area (Å²) in [5.74, 6) is 1.00. The van der Waals surface area contributed by atoms with Crippen LogP contribution in [0.4, 0.5) is 0 Å². The summed E-state index contributed by atoms with van der Waals surface area (Å²) in [5, 5.41) is 3.80. The van der Waals surface area contributed by atoms with E-state index in [2.05, 4.69) is 49.5 Å². The van der Waals surface area contributed by atoms with E-state index in [0.29, 0.717) is 6.04 Å². The molecule has 1 heteroatoms. The Kier molecular flexibility index (Phi) is 5.25. The Morgan fingerprint density at radius 3 is 2.39 bits per heavy atom. The normalized spacial score (nSPS) is 25.9. The van der Waals surface area contributed by atoms with Crippen LogP contribution in [0.1, 0.15) is 64.0 Å². The van der Waals surface area contributed by atoms with Gasteiger partial charge < -0.3 is 5.32 Å². The van der Waals surface area contributed by atoms with E-state index >= 15 is 0 Å².